The maximum Gasteiger partial charge on any atom is 0.132 e. The summed E-state index contributed by atoms with van der Waals surface area (Å²) < 4.78 is 13.5. The highest BCUT2D eigenvalue weighted by Crippen LogP contribution is 2.18. The van der Waals surface area contributed by atoms with E-state index in [2.05, 4.69) is 10.3 Å². The van der Waals surface area contributed by atoms with Crippen molar-refractivity contribution in [2.24, 2.45) is 0 Å². The van der Waals surface area contributed by atoms with Crippen LogP contribution in [0.4, 0.5) is 10.1 Å². The molecule has 2 aromatic rings. The minimum Gasteiger partial charge on any atom is -0.381 e. The molecule has 0 aliphatic heterocycles. The molecule has 19 heavy (non-hydrogen) atoms. The molecule has 1 atom stereocenters. The summed E-state index contributed by atoms with van der Waals surface area (Å²) in [6.45, 7) is 3.92. The second kappa shape index (κ2) is 6.02. The van der Waals surface area contributed by atoms with Crippen molar-refractivity contribution in [3.05, 3.63) is 58.6 Å². The minimum atomic E-state index is -0.165. The molecule has 0 fully saturated rings. The predicted molar refractivity (Wildman–Crippen MR) is 77.2 cm³/mol. The summed E-state index contributed by atoms with van der Waals surface area (Å²) in [5.74, 6) is -0.165. The van der Waals surface area contributed by atoms with E-state index in [-0.39, 0.29) is 11.9 Å². The quantitative estimate of drug-likeness (QED) is 0.847. The normalized spacial score (nSPS) is 12.2. The number of hydrogen-bond donors (Lipinski definition) is 1. The summed E-state index contributed by atoms with van der Waals surface area (Å²) in [4.78, 5) is 4.09. The van der Waals surface area contributed by atoms with Gasteiger partial charge in [-0.1, -0.05) is 29.8 Å². The summed E-state index contributed by atoms with van der Waals surface area (Å²) in [7, 11) is 0. The molecule has 1 unspecified atom stereocenters. The van der Waals surface area contributed by atoms with Crippen molar-refractivity contribution in [3.8, 4) is 0 Å². The molecule has 2 nitrogen and oxygen atoms in total. The van der Waals surface area contributed by atoms with Crippen molar-refractivity contribution in [2.45, 2.75) is 26.3 Å². The molecule has 0 amide bonds. The lowest BCUT2D eigenvalue weighted by atomic mass is 10.1. The van der Waals surface area contributed by atoms with Gasteiger partial charge in [-0.2, -0.15) is 0 Å². The van der Waals surface area contributed by atoms with Crippen LogP contribution in [0.5, 0.6) is 0 Å². The van der Waals surface area contributed by atoms with Gasteiger partial charge in [0.15, 0.2) is 0 Å². The molecule has 1 aromatic carbocycles. The van der Waals surface area contributed by atoms with Crippen LogP contribution in [0.3, 0.4) is 0 Å². The number of halogens is 2. The molecule has 0 spiro atoms. The fourth-order valence-corrected chi connectivity index (χ4v) is 2.07. The van der Waals surface area contributed by atoms with Crippen LogP contribution in [0.15, 0.2) is 36.5 Å². The van der Waals surface area contributed by atoms with E-state index in [1.165, 1.54) is 6.07 Å². The van der Waals surface area contributed by atoms with Gasteiger partial charge in [-0.05, 0) is 43.5 Å². The van der Waals surface area contributed by atoms with Crippen LogP contribution in [-0.2, 0) is 6.42 Å². The molecule has 0 aliphatic rings. The molecular formula is C15H16ClFN2. The molecule has 0 saturated carbocycles. The molecule has 1 heterocycles. The average molecular weight is 279 g/mol. The maximum atomic E-state index is 13.5. The number of nitrogens with zero attached hydrogens (tertiary/aromatic N) is 1. The minimum absolute atomic E-state index is 0.110. The molecule has 0 bridgehead atoms. The van der Waals surface area contributed by atoms with E-state index in [4.69, 9.17) is 11.6 Å². The number of nitrogens with one attached hydrogen (secondary N) is 1. The Morgan fingerprint density at radius 3 is 2.79 bits per heavy atom. The predicted octanol–water partition coefficient (Wildman–Crippen LogP) is 4.23. The lowest BCUT2D eigenvalue weighted by Gasteiger charge is -2.16. The highest BCUT2D eigenvalue weighted by Gasteiger charge is 2.08. The molecule has 1 aromatic heterocycles. The number of anilines is 1. The van der Waals surface area contributed by atoms with Crippen LogP contribution in [0.25, 0.3) is 0 Å². The fraction of sp³-hybridized carbons (Fsp3) is 0.267. The Labute approximate surface area is 117 Å². The van der Waals surface area contributed by atoms with Crippen LogP contribution in [0, 0.1) is 12.7 Å². The molecule has 2 rings (SSSR count). The molecule has 0 aliphatic carbocycles. The van der Waals surface area contributed by atoms with Crippen molar-refractivity contribution < 1.29 is 4.39 Å². The van der Waals surface area contributed by atoms with E-state index in [1.807, 2.05) is 26.0 Å². The van der Waals surface area contributed by atoms with E-state index in [0.717, 1.165) is 11.3 Å². The van der Waals surface area contributed by atoms with Crippen molar-refractivity contribution in [2.75, 3.05) is 5.32 Å². The Morgan fingerprint density at radius 2 is 2.11 bits per heavy atom. The Balaban J connectivity index is 2.03. The van der Waals surface area contributed by atoms with Gasteiger partial charge < -0.3 is 5.32 Å². The third-order valence-corrected chi connectivity index (χ3v) is 3.31. The standard InChI is InChI=1S/C15H16ClFN2/c1-10-7-13(9-18-15(10)16)19-11(2)8-12-5-3-4-6-14(12)17/h3-7,9,11,19H,8H2,1-2H3. The van der Waals surface area contributed by atoms with Crippen molar-refractivity contribution in [1.82, 2.24) is 4.98 Å². The van der Waals surface area contributed by atoms with Gasteiger partial charge in [-0.15, -0.1) is 0 Å². The Kier molecular flexibility index (Phi) is 4.38. The first-order valence-electron chi connectivity index (χ1n) is 6.18. The average Bonchev–Trinajstić information content (AvgIpc) is 2.37. The largest absolute Gasteiger partial charge is 0.381 e. The second-order valence-electron chi connectivity index (χ2n) is 4.67. The summed E-state index contributed by atoms with van der Waals surface area (Å²) in [6, 6.07) is 8.88. The maximum absolute atomic E-state index is 13.5. The summed E-state index contributed by atoms with van der Waals surface area (Å²) in [5, 5.41) is 3.80. The number of rotatable bonds is 4. The van der Waals surface area contributed by atoms with Crippen molar-refractivity contribution in [3.63, 3.8) is 0 Å². The van der Waals surface area contributed by atoms with E-state index in [0.29, 0.717) is 17.1 Å². The zero-order valence-electron chi connectivity index (χ0n) is 11.0. The van der Waals surface area contributed by atoms with Gasteiger partial charge >= 0.3 is 0 Å². The topological polar surface area (TPSA) is 24.9 Å². The summed E-state index contributed by atoms with van der Waals surface area (Å²) in [6.07, 6.45) is 2.31. The lowest BCUT2D eigenvalue weighted by molar-refractivity contribution is 0.601. The fourth-order valence-electron chi connectivity index (χ4n) is 1.97. The van der Waals surface area contributed by atoms with Crippen LogP contribution < -0.4 is 5.32 Å². The van der Waals surface area contributed by atoms with Gasteiger partial charge in [0.25, 0.3) is 0 Å². The van der Waals surface area contributed by atoms with E-state index < -0.39 is 0 Å². The SMILES string of the molecule is Cc1cc(NC(C)Cc2ccccc2F)cnc1Cl. The van der Waals surface area contributed by atoms with E-state index >= 15 is 0 Å². The first-order valence-corrected chi connectivity index (χ1v) is 6.56. The van der Waals surface area contributed by atoms with Crippen LogP contribution >= 0.6 is 11.6 Å². The number of hydrogen-bond acceptors (Lipinski definition) is 2. The van der Waals surface area contributed by atoms with E-state index in [9.17, 15) is 4.39 Å². The highest BCUT2D eigenvalue weighted by atomic mass is 35.5. The van der Waals surface area contributed by atoms with Gasteiger partial charge in [0.2, 0.25) is 0 Å². The number of pyridine rings is 1. The second-order valence-corrected chi connectivity index (χ2v) is 5.03. The van der Waals surface area contributed by atoms with Crippen LogP contribution in [-0.4, -0.2) is 11.0 Å². The Morgan fingerprint density at radius 1 is 1.37 bits per heavy atom. The van der Waals surface area contributed by atoms with Crippen molar-refractivity contribution >= 4 is 17.3 Å². The zero-order valence-corrected chi connectivity index (χ0v) is 11.7. The van der Waals surface area contributed by atoms with Gasteiger partial charge in [0, 0.05) is 6.04 Å². The number of aryl methyl sites for hydroxylation is 1. The molecule has 1 N–H and O–H groups in total. The van der Waals surface area contributed by atoms with Crippen LogP contribution in [0.1, 0.15) is 18.1 Å². The van der Waals surface area contributed by atoms with Gasteiger partial charge in [0.1, 0.15) is 11.0 Å². The lowest BCUT2D eigenvalue weighted by Crippen LogP contribution is -2.19. The molecule has 4 heteroatoms. The molecule has 0 saturated heterocycles. The molecular weight excluding hydrogens is 263 g/mol. The summed E-state index contributed by atoms with van der Waals surface area (Å²) >= 11 is 5.88. The third-order valence-electron chi connectivity index (χ3n) is 2.91. The van der Waals surface area contributed by atoms with Crippen LogP contribution in [0.2, 0.25) is 5.15 Å². The number of benzene rings is 1. The molecule has 100 valence electrons. The Hall–Kier alpha value is -1.61. The summed E-state index contributed by atoms with van der Waals surface area (Å²) in [5.41, 5.74) is 2.52. The van der Waals surface area contributed by atoms with E-state index in [1.54, 1.807) is 18.3 Å². The smallest absolute Gasteiger partial charge is 0.132 e. The first-order chi connectivity index (χ1) is 9.06. The zero-order chi connectivity index (χ0) is 13.8. The Bertz CT molecular complexity index is 572. The van der Waals surface area contributed by atoms with Gasteiger partial charge in [0.05, 0.1) is 11.9 Å². The van der Waals surface area contributed by atoms with Gasteiger partial charge in [-0.25, -0.2) is 9.37 Å². The number of aromatic nitrogens is 1. The molecule has 0 radical (unpaired) electrons. The monoisotopic (exact) mass is 278 g/mol. The van der Waals surface area contributed by atoms with Gasteiger partial charge in [-0.3, -0.25) is 0 Å². The van der Waals surface area contributed by atoms with Crippen molar-refractivity contribution in [1.29, 1.82) is 0 Å². The first kappa shape index (κ1) is 13.8. The third kappa shape index (κ3) is 3.67. The highest BCUT2D eigenvalue weighted by molar-refractivity contribution is 6.30.